The van der Waals surface area contributed by atoms with Crippen LogP contribution in [-0.4, -0.2) is 4.98 Å². The van der Waals surface area contributed by atoms with Crippen LogP contribution in [0.15, 0.2) is 45.6 Å². The van der Waals surface area contributed by atoms with E-state index in [-0.39, 0.29) is 10.6 Å². The van der Waals surface area contributed by atoms with Crippen molar-refractivity contribution in [3.63, 3.8) is 0 Å². The number of hydrogen-bond acceptors (Lipinski definition) is 2. The first-order chi connectivity index (χ1) is 9.54. The number of H-pyrrole nitrogens is 1. The quantitative estimate of drug-likeness (QED) is 0.718. The first-order valence-corrected chi connectivity index (χ1v) is 6.99. The van der Waals surface area contributed by atoms with E-state index in [4.69, 9.17) is 4.42 Å². The predicted octanol–water partition coefficient (Wildman–Crippen LogP) is 4.05. The number of alkyl halides is 1. The van der Waals surface area contributed by atoms with E-state index in [1.165, 1.54) is 12.1 Å². The van der Waals surface area contributed by atoms with E-state index >= 15 is 0 Å². The smallest absolute Gasteiger partial charge is 0.408 e. The van der Waals surface area contributed by atoms with E-state index in [1.54, 1.807) is 18.2 Å². The molecule has 0 saturated carbocycles. The van der Waals surface area contributed by atoms with E-state index in [1.807, 2.05) is 13.0 Å². The van der Waals surface area contributed by atoms with Gasteiger partial charge in [0.15, 0.2) is 5.58 Å². The molecule has 0 radical (unpaired) electrons. The molecule has 1 N–H and O–H groups in total. The van der Waals surface area contributed by atoms with Gasteiger partial charge in [0.2, 0.25) is 0 Å². The molecule has 0 aliphatic carbocycles. The zero-order valence-electron chi connectivity index (χ0n) is 10.6. The second-order valence-corrected chi connectivity index (χ2v) is 5.55. The van der Waals surface area contributed by atoms with Crippen LogP contribution in [0.2, 0.25) is 0 Å². The molecule has 1 aromatic heterocycles. The molecule has 3 aromatic rings. The molecule has 5 heteroatoms. The highest BCUT2D eigenvalue weighted by molar-refractivity contribution is 9.09. The number of hydrogen-bond donors (Lipinski definition) is 1. The molecular formula is C15H11BrFNO2. The van der Waals surface area contributed by atoms with Crippen LogP contribution in [0.1, 0.15) is 21.5 Å². The summed E-state index contributed by atoms with van der Waals surface area (Å²) in [7, 11) is 0. The summed E-state index contributed by atoms with van der Waals surface area (Å²) in [4.78, 5) is 13.6. The Morgan fingerprint density at radius 2 is 2.05 bits per heavy atom. The third kappa shape index (κ3) is 2.29. The zero-order valence-corrected chi connectivity index (χ0v) is 12.2. The molecule has 3 nitrogen and oxygen atoms in total. The summed E-state index contributed by atoms with van der Waals surface area (Å²) in [5, 5.41) is 0. The topological polar surface area (TPSA) is 46.0 Å². The van der Waals surface area contributed by atoms with Crippen molar-refractivity contribution in [2.24, 2.45) is 0 Å². The molecule has 3 rings (SSSR count). The first kappa shape index (κ1) is 13.1. The Labute approximate surface area is 122 Å². The van der Waals surface area contributed by atoms with Crippen LogP contribution in [0.4, 0.5) is 4.39 Å². The largest absolute Gasteiger partial charge is 0.417 e. The SMILES string of the molecule is Cc1ccc(F)cc1C(Br)c1ccc2[nH]c(=O)oc2c1. The molecule has 0 aliphatic rings. The number of oxazole rings is 1. The fourth-order valence-electron chi connectivity index (χ4n) is 2.18. The number of nitrogens with one attached hydrogen (secondary N) is 1. The normalized spacial score (nSPS) is 12.8. The van der Waals surface area contributed by atoms with Gasteiger partial charge in [-0.2, -0.15) is 0 Å². The van der Waals surface area contributed by atoms with E-state index in [9.17, 15) is 9.18 Å². The minimum absolute atomic E-state index is 0.164. The number of halogens is 2. The number of aromatic nitrogens is 1. The number of rotatable bonds is 2. The second-order valence-electron chi connectivity index (χ2n) is 4.63. The van der Waals surface area contributed by atoms with Crippen LogP contribution >= 0.6 is 15.9 Å². The third-order valence-electron chi connectivity index (χ3n) is 3.25. The maximum Gasteiger partial charge on any atom is 0.417 e. The Morgan fingerprint density at radius 3 is 2.85 bits per heavy atom. The van der Waals surface area contributed by atoms with Crippen molar-refractivity contribution < 1.29 is 8.81 Å². The van der Waals surface area contributed by atoms with Gasteiger partial charge >= 0.3 is 5.76 Å². The van der Waals surface area contributed by atoms with Crippen molar-refractivity contribution in [1.29, 1.82) is 0 Å². The zero-order chi connectivity index (χ0) is 14.3. The van der Waals surface area contributed by atoms with Crippen molar-refractivity contribution in [3.05, 3.63) is 69.5 Å². The van der Waals surface area contributed by atoms with Crippen LogP contribution in [0.3, 0.4) is 0 Å². The Bertz CT molecular complexity index is 837. The minimum atomic E-state index is -0.481. The van der Waals surface area contributed by atoms with Gasteiger partial charge in [0.05, 0.1) is 10.3 Å². The molecule has 0 fully saturated rings. The van der Waals surface area contributed by atoms with Crippen molar-refractivity contribution in [3.8, 4) is 0 Å². The second kappa shape index (κ2) is 4.90. The molecular weight excluding hydrogens is 325 g/mol. The summed E-state index contributed by atoms with van der Waals surface area (Å²) < 4.78 is 18.4. The van der Waals surface area contributed by atoms with Crippen LogP contribution in [-0.2, 0) is 0 Å². The lowest BCUT2D eigenvalue weighted by atomic mass is 10.00. The molecule has 1 atom stereocenters. The standard InChI is InChI=1S/C15H11BrFNO2/c1-8-2-4-10(17)7-11(8)14(16)9-3-5-12-13(6-9)20-15(19)18-12/h2-7,14H,1H3,(H,18,19). The lowest BCUT2D eigenvalue weighted by molar-refractivity contribution is 0.555. The lowest BCUT2D eigenvalue weighted by Crippen LogP contribution is -1.96. The predicted molar refractivity (Wildman–Crippen MR) is 78.7 cm³/mol. The lowest BCUT2D eigenvalue weighted by Gasteiger charge is -2.13. The van der Waals surface area contributed by atoms with Crippen LogP contribution < -0.4 is 5.76 Å². The average Bonchev–Trinajstić information content (AvgIpc) is 2.79. The maximum atomic E-state index is 13.4. The summed E-state index contributed by atoms with van der Waals surface area (Å²) >= 11 is 3.57. The Kier molecular flexibility index (Phi) is 3.22. The summed E-state index contributed by atoms with van der Waals surface area (Å²) in [5.41, 5.74) is 3.88. The molecule has 0 amide bonds. The molecule has 1 unspecified atom stereocenters. The van der Waals surface area contributed by atoms with Gasteiger partial charge in [-0.1, -0.05) is 28.1 Å². The Hall–Kier alpha value is -1.88. The van der Waals surface area contributed by atoms with Gasteiger partial charge in [-0.3, -0.25) is 4.98 Å². The molecule has 2 aromatic carbocycles. The number of aromatic amines is 1. The molecule has 0 bridgehead atoms. The maximum absolute atomic E-state index is 13.4. The van der Waals surface area contributed by atoms with Crippen LogP contribution in [0, 0.1) is 12.7 Å². The molecule has 0 spiro atoms. The number of benzene rings is 2. The van der Waals surface area contributed by atoms with Gasteiger partial charge in [0, 0.05) is 0 Å². The van der Waals surface area contributed by atoms with Gasteiger partial charge in [0.1, 0.15) is 5.82 Å². The fourth-order valence-corrected chi connectivity index (χ4v) is 2.96. The van der Waals surface area contributed by atoms with Gasteiger partial charge in [-0.15, -0.1) is 0 Å². The third-order valence-corrected chi connectivity index (χ3v) is 4.27. The molecule has 102 valence electrons. The van der Waals surface area contributed by atoms with E-state index in [0.29, 0.717) is 11.1 Å². The van der Waals surface area contributed by atoms with E-state index < -0.39 is 5.76 Å². The minimum Gasteiger partial charge on any atom is -0.408 e. The Morgan fingerprint density at radius 1 is 1.25 bits per heavy atom. The van der Waals surface area contributed by atoms with Crippen molar-refractivity contribution in [2.75, 3.05) is 0 Å². The van der Waals surface area contributed by atoms with Gasteiger partial charge in [-0.25, -0.2) is 9.18 Å². The molecule has 1 heterocycles. The molecule has 0 saturated heterocycles. The van der Waals surface area contributed by atoms with E-state index in [2.05, 4.69) is 20.9 Å². The van der Waals surface area contributed by atoms with Crippen molar-refractivity contribution in [2.45, 2.75) is 11.8 Å². The average molecular weight is 336 g/mol. The summed E-state index contributed by atoms with van der Waals surface area (Å²) in [5.74, 6) is -0.755. The monoisotopic (exact) mass is 335 g/mol. The van der Waals surface area contributed by atoms with Gasteiger partial charge in [0.25, 0.3) is 0 Å². The highest BCUT2D eigenvalue weighted by atomic mass is 79.9. The van der Waals surface area contributed by atoms with Gasteiger partial charge < -0.3 is 4.42 Å². The molecule has 20 heavy (non-hydrogen) atoms. The number of aryl methyl sites for hydroxylation is 1. The van der Waals surface area contributed by atoms with Crippen LogP contribution in [0.5, 0.6) is 0 Å². The van der Waals surface area contributed by atoms with Crippen molar-refractivity contribution >= 4 is 27.0 Å². The Balaban J connectivity index is 2.09. The summed E-state index contributed by atoms with van der Waals surface area (Å²) in [6, 6.07) is 10.1. The van der Waals surface area contributed by atoms with Crippen molar-refractivity contribution in [1.82, 2.24) is 4.98 Å². The fraction of sp³-hybridized carbons (Fsp3) is 0.133. The highest BCUT2D eigenvalue weighted by Crippen LogP contribution is 2.34. The highest BCUT2D eigenvalue weighted by Gasteiger charge is 2.15. The number of fused-ring (bicyclic) bond motifs is 1. The first-order valence-electron chi connectivity index (χ1n) is 6.07. The van der Waals surface area contributed by atoms with E-state index in [0.717, 1.165) is 16.7 Å². The van der Waals surface area contributed by atoms with Gasteiger partial charge in [-0.05, 0) is 47.9 Å². The summed E-state index contributed by atoms with van der Waals surface area (Å²) in [6.07, 6.45) is 0. The molecule has 0 aliphatic heterocycles. The van der Waals surface area contributed by atoms with Crippen LogP contribution in [0.25, 0.3) is 11.1 Å². The summed E-state index contributed by atoms with van der Waals surface area (Å²) in [6.45, 7) is 1.93.